The molecule has 4 nitrogen and oxygen atoms in total. The van der Waals surface area contributed by atoms with Crippen molar-refractivity contribution in [3.8, 4) is 17.0 Å². The summed E-state index contributed by atoms with van der Waals surface area (Å²) in [6, 6.07) is 16.9. The fourth-order valence-electron chi connectivity index (χ4n) is 3.61. The van der Waals surface area contributed by atoms with Gasteiger partial charge in [-0.2, -0.15) is 0 Å². The molecule has 1 heterocycles. The number of anilines is 1. The van der Waals surface area contributed by atoms with Gasteiger partial charge in [-0.25, -0.2) is 4.98 Å². The molecule has 0 saturated heterocycles. The minimum absolute atomic E-state index is 0.136. The van der Waals surface area contributed by atoms with Crippen LogP contribution in [0, 0.1) is 13.8 Å². The number of hydrogen-bond acceptors (Lipinski definition) is 5. The number of rotatable bonds is 9. The van der Waals surface area contributed by atoms with Crippen LogP contribution in [0.2, 0.25) is 0 Å². The molecule has 5 heteroatoms. The molecule has 1 unspecified atom stereocenters. The van der Waals surface area contributed by atoms with Crippen molar-refractivity contribution in [3.63, 3.8) is 0 Å². The Bertz CT molecular complexity index is 924. The molecular weight excluding hydrogens is 380 g/mol. The molecule has 2 aromatic carbocycles. The molecule has 0 aliphatic carbocycles. The zero-order valence-electron chi connectivity index (χ0n) is 17.9. The quantitative estimate of drug-likeness (QED) is 0.431. The highest BCUT2D eigenvalue weighted by molar-refractivity contribution is 7.16. The Hall–Kier alpha value is -2.37. The molecule has 0 saturated carbocycles. The first-order chi connectivity index (χ1) is 14.1. The number of hydrogen-bond donors (Lipinski definition) is 0. The van der Waals surface area contributed by atoms with Crippen molar-refractivity contribution in [2.24, 2.45) is 0 Å². The molecule has 0 fully saturated rings. The van der Waals surface area contributed by atoms with Gasteiger partial charge in [0.25, 0.3) is 0 Å². The van der Waals surface area contributed by atoms with E-state index in [0.717, 1.165) is 35.1 Å². The third-order valence-corrected chi connectivity index (χ3v) is 6.08. The minimum atomic E-state index is 0.136. The second-order valence-corrected chi connectivity index (χ2v) is 8.34. The zero-order valence-corrected chi connectivity index (χ0v) is 18.8. The topological polar surface area (TPSA) is 34.6 Å². The fourth-order valence-corrected chi connectivity index (χ4v) is 4.61. The van der Waals surface area contributed by atoms with Gasteiger partial charge < -0.3 is 14.4 Å². The van der Waals surface area contributed by atoms with Gasteiger partial charge in [0.15, 0.2) is 5.13 Å². The molecule has 1 atom stereocenters. The van der Waals surface area contributed by atoms with Crippen LogP contribution in [0.15, 0.2) is 48.5 Å². The van der Waals surface area contributed by atoms with Gasteiger partial charge >= 0.3 is 0 Å². The average molecular weight is 411 g/mol. The van der Waals surface area contributed by atoms with Gasteiger partial charge in [-0.1, -0.05) is 37.3 Å². The smallest absolute Gasteiger partial charge is 0.186 e. The summed E-state index contributed by atoms with van der Waals surface area (Å²) in [5.74, 6) is 0.871. The second kappa shape index (κ2) is 9.90. The van der Waals surface area contributed by atoms with Crippen LogP contribution in [0.1, 0.15) is 35.4 Å². The third-order valence-electron chi connectivity index (χ3n) is 5.07. The first-order valence-corrected chi connectivity index (χ1v) is 10.8. The fraction of sp³-hybridized carbons (Fsp3) is 0.375. The molecule has 0 N–H and O–H groups in total. The van der Waals surface area contributed by atoms with Crippen molar-refractivity contribution < 1.29 is 9.47 Å². The van der Waals surface area contributed by atoms with Crippen LogP contribution in [0.4, 0.5) is 5.13 Å². The van der Waals surface area contributed by atoms with Crippen LogP contribution >= 0.6 is 11.3 Å². The largest absolute Gasteiger partial charge is 0.497 e. The van der Waals surface area contributed by atoms with Crippen LogP contribution in [0.25, 0.3) is 11.3 Å². The van der Waals surface area contributed by atoms with Crippen LogP contribution in [-0.2, 0) is 4.74 Å². The molecule has 0 radical (unpaired) electrons. The Kier molecular flexibility index (Phi) is 7.29. The van der Waals surface area contributed by atoms with Gasteiger partial charge in [0.2, 0.25) is 0 Å². The maximum absolute atomic E-state index is 5.59. The first-order valence-electron chi connectivity index (χ1n) is 10.0. The van der Waals surface area contributed by atoms with E-state index in [1.165, 1.54) is 16.0 Å². The Morgan fingerprint density at radius 1 is 1.07 bits per heavy atom. The van der Waals surface area contributed by atoms with Gasteiger partial charge in [0.05, 0.1) is 25.5 Å². The maximum Gasteiger partial charge on any atom is 0.186 e. The van der Waals surface area contributed by atoms with E-state index in [1.54, 1.807) is 25.6 Å². The molecule has 154 valence electrons. The first kappa shape index (κ1) is 21.3. The number of aryl methyl sites for hydroxylation is 2. The number of aromatic nitrogens is 1. The van der Waals surface area contributed by atoms with Crippen LogP contribution in [0.5, 0.6) is 5.75 Å². The summed E-state index contributed by atoms with van der Waals surface area (Å²) >= 11 is 1.75. The van der Waals surface area contributed by atoms with Crippen LogP contribution in [-0.4, -0.2) is 32.4 Å². The number of benzene rings is 2. The van der Waals surface area contributed by atoms with Gasteiger partial charge in [0.1, 0.15) is 5.75 Å². The third kappa shape index (κ3) is 4.80. The summed E-state index contributed by atoms with van der Waals surface area (Å²) in [4.78, 5) is 8.70. The lowest BCUT2D eigenvalue weighted by Crippen LogP contribution is -2.32. The average Bonchev–Trinajstić information content (AvgIpc) is 3.12. The standard InChI is InChI=1S/C24H30N2O2S/c1-6-14-26(22(16-27-4)19-10-8-7-9-11-19)24-25-23(18(3)29-24)21-13-12-20(28-5)15-17(21)2/h7-13,15,22H,6,14,16H2,1-5H3. The van der Waals surface area contributed by atoms with Gasteiger partial charge in [-0.05, 0) is 49.6 Å². The summed E-state index contributed by atoms with van der Waals surface area (Å²) < 4.78 is 11.0. The maximum atomic E-state index is 5.59. The predicted octanol–water partition coefficient (Wildman–Crippen LogP) is 6.04. The minimum Gasteiger partial charge on any atom is -0.497 e. The van der Waals surface area contributed by atoms with Gasteiger partial charge in [0, 0.05) is 24.1 Å². The molecule has 0 aliphatic heterocycles. The number of ether oxygens (including phenoxy) is 2. The molecular formula is C24H30N2O2S. The monoisotopic (exact) mass is 410 g/mol. The Balaban J connectivity index is 2.01. The lowest BCUT2D eigenvalue weighted by molar-refractivity contribution is 0.177. The molecule has 0 aliphatic rings. The Labute approximate surface area is 178 Å². The number of nitrogens with zero attached hydrogens (tertiary/aromatic N) is 2. The molecule has 3 rings (SSSR count). The van der Waals surface area contributed by atoms with Crippen molar-refractivity contribution in [2.45, 2.75) is 33.2 Å². The SMILES string of the molecule is CCCN(c1nc(-c2ccc(OC)cc2C)c(C)s1)C(COC)c1ccccc1. The number of thiazole rings is 1. The summed E-state index contributed by atoms with van der Waals surface area (Å²) in [5.41, 5.74) is 4.63. The molecule has 0 amide bonds. The van der Waals surface area contributed by atoms with E-state index in [9.17, 15) is 0 Å². The predicted molar refractivity (Wildman–Crippen MR) is 122 cm³/mol. The summed E-state index contributed by atoms with van der Waals surface area (Å²) in [5, 5.41) is 1.04. The highest BCUT2D eigenvalue weighted by Gasteiger charge is 2.24. The van der Waals surface area contributed by atoms with Crippen molar-refractivity contribution in [3.05, 3.63) is 64.5 Å². The highest BCUT2D eigenvalue weighted by atomic mass is 32.1. The molecule has 1 aromatic heterocycles. The Morgan fingerprint density at radius 3 is 2.45 bits per heavy atom. The molecule has 3 aromatic rings. The summed E-state index contributed by atoms with van der Waals surface area (Å²) in [7, 11) is 3.46. The van der Waals surface area contributed by atoms with Crippen LogP contribution < -0.4 is 9.64 Å². The van der Waals surface area contributed by atoms with Gasteiger partial charge in [-0.3, -0.25) is 0 Å². The van der Waals surface area contributed by atoms with E-state index in [2.05, 4.69) is 68.1 Å². The van der Waals surface area contributed by atoms with E-state index in [1.807, 2.05) is 6.07 Å². The Morgan fingerprint density at radius 2 is 1.83 bits per heavy atom. The lowest BCUT2D eigenvalue weighted by Gasteiger charge is -2.31. The highest BCUT2D eigenvalue weighted by Crippen LogP contribution is 2.38. The summed E-state index contributed by atoms with van der Waals surface area (Å²) in [6.45, 7) is 8.02. The molecule has 0 spiro atoms. The number of methoxy groups -OCH3 is 2. The van der Waals surface area contributed by atoms with E-state index >= 15 is 0 Å². The van der Waals surface area contributed by atoms with E-state index in [-0.39, 0.29) is 6.04 Å². The van der Waals surface area contributed by atoms with Crippen molar-refractivity contribution in [2.75, 3.05) is 32.3 Å². The molecule has 29 heavy (non-hydrogen) atoms. The van der Waals surface area contributed by atoms with Crippen molar-refractivity contribution in [1.29, 1.82) is 0 Å². The second-order valence-electron chi connectivity index (χ2n) is 7.16. The van der Waals surface area contributed by atoms with E-state index in [4.69, 9.17) is 14.5 Å². The van der Waals surface area contributed by atoms with Crippen molar-refractivity contribution in [1.82, 2.24) is 4.98 Å². The van der Waals surface area contributed by atoms with E-state index < -0.39 is 0 Å². The van der Waals surface area contributed by atoms with Crippen LogP contribution in [0.3, 0.4) is 0 Å². The van der Waals surface area contributed by atoms with Crippen molar-refractivity contribution >= 4 is 16.5 Å². The summed E-state index contributed by atoms with van der Waals surface area (Å²) in [6.07, 6.45) is 1.04. The molecule has 0 bridgehead atoms. The zero-order chi connectivity index (χ0) is 20.8. The normalized spacial score (nSPS) is 12.0. The van der Waals surface area contributed by atoms with Gasteiger partial charge in [-0.15, -0.1) is 11.3 Å². The lowest BCUT2D eigenvalue weighted by atomic mass is 10.0. The van der Waals surface area contributed by atoms with E-state index in [0.29, 0.717) is 6.61 Å².